The van der Waals surface area contributed by atoms with Crippen molar-refractivity contribution < 1.29 is 5.82 Å². The molecule has 2 nitrogen and oxygen atoms in total. The minimum atomic E-state index is -0.380. The Kier molecular flexibility index (Phi) is 4.18. The van der Waals surface area contributed by atoms with Gasteiger partial charge in [0, 0.05) is 13.7 Å². The van der Waals surface area contributed by atoms with Gasteiger partial charge in [-0.25, -0.2) is 4.39 Å². The molecule has 0 spiro atoms. The molecule has 0 saturated carbocycles. The number of rotatable bonds is 0. The maximum Gasteiger partial charge on any atom is 0.248 e. The van der Waals surface area contributed by atoms with Crippen LogP contribution in [0.4, 0.5) is 4.39 Å². The Hall–Kier alpha value is -1.12. The molecule has 3 heteroatoms. The first-order valence-electron chi connectivity index (χ1n) is 3.55. The lowest BCUT2D eigenvalue weighted by molar-refractivity contribution is 0.610. The molecule has 0 amide bonds. The molecule has 0 fully saturated rings. The molecule has 1 aromatic heterocycles. The first-order valence-corrected chi connectivity index (χ1v) is 3.55. The van der Waals surface area contributed by atoms with Gasteiger partial charge in [-0.3, -0.25) is 4.79 Å². The lowest BCUT2D eigenvalue weighted by Gasteiger charge is -1.89. The van der Waals surface area contributed by atoms with Crippen molar-refractivity contribution in [1.82, 2.24) is 4.98 Å². The van der Waals surface area contributed by atoms with Crippen molar-refractivity contribution in [3.8, 4) is 0 Å². The molecule has 0 aromatic carbocycles. The summed E-state index contributed by atoms with van der Waals surface area (Å²) in [4.78, 5) is 12.6. The van der Waals surface area contributed by atoms with Crippen LogP contribution in [-0.2, 0) is 0 Å². The van der Waals surface area contributed by atoms with E-state index in [1.807, 2.05) is 13.8 Å². The van der Waals surface area contributed by atoms with Gasteiger partial charge in [-0.05, 0) is 12.5 Å². The quantitative estimate of drug-likeness (QED) is 0.617. The third-order valence-corrected chi connectivity index (χ3v) is 1.07. The Bertz CT molecular complexity index is 272. The molecular weight excluding hydrogens is 145 g/mol. The maximum atomic E-state index is 12.3. The molecule has 0 bridgehead atoms. The van der Waals surface area contributed by atoms with Crippen molar-refractivity contribution in [1.29, 1.82) is 0 Å². The molecule has 1 aromatic rings. The van der Waals surface area contributed by atoms with Crippen molar-refractivity contribution in [2.75, 3.05) is 0 Å². The number of hydrogen-bond acceptors (Lipinski definition) is 1. The predicted molar refractivity (Wildman–Crippen MR) is 45.2 cm³/mol. The summed E-state index contributed by atoms with van der Waals surface area (Å²) in [6.45, 7) is 5.55. The largest absolute Gasteiger partial charge is 0.326 e. The highest BCUT2D eigenvalue weighted by Gasteiger charge is 1.93. The van der Waals surface area contributed by atoms with Gasteiger partial charge in [0.1, 0.15) is 5.82 Å². The zero-order valence-electron chi connectivity index (χ0n) is 6.94. The predicted octanol–water partition coefficient (Wildman–Crippen LogP) is 2.09. The van der Waals surface area contributed by atoms with E-state index in [4.69, 9.17) is 0 Å². The minimum Gasteiger partial charge on any atom is -0.326 e. The van der Waals surface area contributed by atoms with Crippen LogP contribution in [0.1, 0.15) is 20.8 Å². The standard InChI is InChI=1S/C6H6FNO.C2H6.H2/c1-4-2-6(9)8-3-5(4)7;1-2;/h2-3H,1H3,(H,8,9);1-2H3;1H. The van der Waals surface area contributed by atoms with Crippen LogP contribution in [0.15, 0.2) is 17.1 Å². The summed E-state index contributed by atoms with van der Waals surface area (Å²) in [7, 11) is 0. The van der Waals surface area contributed by atoms with E-state index in [2.05, 4.69) is 4.98 Å². The number of aromatic nitrogens is 1. The number of aromatic amines is 1. The number of H-pyrrole nitrogens is 1. The Labute approximate surface area is 66.6 Å². The first kappa shape index (κ1) is 9.88. The number of halogens is 1. The molecule has 0 atom stereocenters. The van der Waals surface area contributed by atoms with E-state index in [0.717, 1.165) is 6.20 Å². The van der Waals surface area contributed by atoms with Gasteiger partial charge in [0.15, 0.2) is 0 Å². The molecule has 64 valence electrons. The van der Waals surface area contributed by atoms with Gasteiger partial charge in [-0.15, -0.1) is 0 Å². The van der Waals surface area contributed by atoms with E-state index in [9.17, 15) is 9.18 Å². The van der Waals surface area contributed by atoms with Gasteiger partial charge in [0.2, 0.25) is 5.56 Å². The van der Waals surface area contributed by atoms with Gasteiger partial charge in [0.05, 0.1) is 0 Å². The normalized spacial score (nSPS) is 8.36. The van der Waals surface area contributed by atoms with Gasteiger partial charge >= 0.3 is 0 Å². The van der Waals surface area contributed by atoms with E-state index < -0.39 is 0 Å². The van der Waals surface area contributed by atoms with Crippen LogP contribution in [0.2, 0.25) is 0 Å². The summed E-state index contributed by atoms with van der Waals surface area (Å²) >= 11 is 0. The maximum absolute atomic E-state index is 12.3. The molecule has 0 aliphatic rings. The highest BCUT2D eigenvalue weighted by molar-refractivity contribution is 5.09. The van der Waals surface area contributed by atoms with Crippen molar-refractivity contribution in [3.05, 3.63) is 34.0 Å². The molecule has 1 rings (SSSR count). The molecule has 1 heterocycles. The third kappa shape index (κ3) is 2.98. The smallest absolute Gasteiger partial charge is 0.248 e. The number of nitrogens with one attached hydrogen (secondary N) is 1. The fraction of sp³-hybridized carbons (Fsp3) is 0.375. The second kappa shape index (κ2) is 4.66. The molecule has 11 heavy (non-hydrogen) atoms. The van der Waals surface area contributed by atoms with E-state index in [1.165, 1.54) is 6.07 Å². The summed E-state index contributed by atoms with van der Waals surface area (Å²) < 4.78 is 12.3. The van der Waals surface area contributed by atoms with Crippen LogP contribution >= 0.6 is 0 Å². The van der Waals surface area contributed by atoms with E-state index in [1.54, 1.807) is 6.92 Å². The van der Waals surface area contributed by atoms with Crippen molar-refractivity contribution in [3.63, 3.8) is 0 Å². The van der Waals surface area contributed by atoms with Crippen molar-refractivity contribution >= 4 is 0 Å². The fourth-order valence-electron chi connectivity index (χ4n) is 0.556. The monoisotopic (exact) mass is 159 g/mol. The SMILES string of the molecule is CC.Cc1cc(=O)[nH]cc1F.[HH]. The Morgan fingerprint density at radius 3 is 2.45 bits per heavy atom. The summed E-state index contributed by atoms with van der Waals surface area (Å²) in [6.07, 6.45) is 1.05. The second-order valence-corrected chi connectivity index (χ2v) is 1.83. The van der Waals surface area contributed by atoms with Crippen molar-refractivity contribution in [2.45, 2.75) is 20.8 Å². The van der Waals surface area contributed by atoms with Crippen LogP contribution in [0.25, 0.3) is 0 Å². The summed E-state index contributed by atoms with van der Waals surface area (Å²) in [5, 5.41) is 0. The third-order valence-electron chi connectivity index (χ3n) is 1.07. The topological polar surface area (TPSA) is 32.9 Å². The first-order chi connectivity index (χ1) is 5.20. The average Bonchev–Trinajstić information content (AvgIpc) is 2.02. The Balaban J connectivity index is 0. The Morgan fingerprint density at radius 2 is 2.09 bits per heavy atom. The lowest BCUT2D eigenvalue weighted by Crippen LogP contribution is -2.04. The molecule has 0 aliphatic carbocycles. The summed E-state index contributed by atoms with van der Waals surface area (Å²) in [5.74, 6) is -0.380. The minimum absolute atomic E-state index is 0. The van der Waals surface area contributed by atoms with E-state index in [-0.39, 0.29) is 12.8 Å². The molecule has 1 N–H and O–H groups in total. The zero-order valence-corrected chi connectivity index (χ0v) is 6.94. The van der Waals surface area contributed by atoms with E-state index >= 15 is 0 Å². The zero-order chi connectivity index (χ0) is 8.85. The second-order valence-electron chi connectivity index (χ2n) is 1.83. The van der Waals surface area contributed by atoms with Gasteiger partial charge in [-0.2, -0.15) is 0 Å². The molecule has 0 saturated heterocycles. The van der Waals surface area contributed by atoms with Crippen LogP contribution in [-0.4, -0.2) is 4.98 Å². The van der Waals surface area contributed by atoms with Gasteiger partial charge < -0.3 is 4.98 Å². The number of pyridine rings is 1. The molecule has 0 aliphatic heterocycles. The molecule has 0 radical (unpaired) electrons. The van der Waals surface area contributed by atoms with Gasteiger partial charge in [0.25, 0.3) is 0 Å². The molecule has 0 unspecified atom stereocenters. The van der Waals surface area contributed by atoms with Crippen LogP contribution in [0, 0.1) is 12.7 Å². The van der Waals surface area contributed by atoms with Crippen LogP contribution in [0.3, 0.4) is 0 Å². The number of hydrogen-bond donors (Lipinski definition) is 1. The summed E-state index contributed by atoms with van der Waals surface area (Å²) in [5.41, 5.74) is 0.104. The number of aryl methyl sites for hydroxylation is 1. The van der Waals surface area contributed by atoms with Crippen LogP contribution in [0.5, 0.6) is 0 Å². The molecular formula is C8H14FNO. The highest BCUT2D eigenvalue weighted by atomic mass is 19.1. The lowest BCUT2D eigenvalue weighted by atomic mass is 10.3. The Morgan fingerprint density at radius 1 is 1.55 bits per heavy atom. The average molecular weight is 159 g/mol. The fourth-order valence-corrected chi connectivity index (χ4v) is 0.556. The van der Waals surface area contributed by atoms with E-state index in [0.29, 0.717) is 5.56 Å². The van der Waals surface area contributed by atoms with Crippen molar-refractivity contribution in [2.24, 2.45) is 0 Å². The van der Waals surface area contributed by atoms with Crippen LogP contribution < -0.4 is 5.56 Å². The van der Waals surface area contributed by atoms with Gasteiger partial charge in [-0.1, -0.05) is 13.8 Å². The summed E-state index contributed by atoms with van der Waals surface area (Å²) in [6, 6.07) is 1.22. The highest BCUT2D eigenvalue weighted by Crippen LogP contribution is 1.96.